The van der Waals surface area contributed by atoms with E-state index in [9.17, 15) is 4.79 Å². The Morgan fingerprint density at radius 1 is 0.614 bits per heavy atom. The van der Waals surface area contributed by atoms with E-state index in [0.717, 1.165) is 53.2 Å². The summed E-state index contributed by atoms with van der Waals surface area (Å²) < 4.78 is 2.46. The van der Waals surface area contributed by atoms with Crippen LogP contribution < -0.4 is 4.90 Å². The molecule has 1 heterocycles. The summed E-state index contributed by atoms with van der Waals surface area (Å²) in [4.78, 5) is 14.0. The number of aldehydes is 1. The number of aromatic nitrogens is 1. The maximum atomic E-state index is 11.7. The van der Waals surface area contributed by atoms with Crippen molar-refractivity contribution in [3.8, 4) is 11.1 Å². The van der Waals surface area contributed by atoms with E-state index in [4.69, 9.17) is 0 Å². The molecule has 0 fully saturated rings. The van der Waals surface area contributed by atoms with Crippen LogP contribution in [0.2, 0.25) is 0 Å². The average Bonchev–Trinajstić information content (AvgIpc) is 3.37. The van der Waals surface area contributed by atoms with Crippen molar-refractivity contribution >= 4 is 45.2 Å². The molecule has 3 heteroatoms. The molecule has 0 amide bonds. The van der Waals surface area contributed by atoms with Crippen molar-refractivity contribution in [2.75, 3.05) is 4.90 Å². The van der Waals surface area contributed by atoms with Crippen molar-refractivity contribution < 1.29 is 4.79 Å². The highest BCUT2D eigenvalue weighted by atomic mass is 16.1. The first-order valence-electron chi connectivity index (χ1n) is 16.0. The van der Waals surface area contributed by atoms with Gasteiger partial charge in [-0.3, -0.25) is 4.79 Å². The monoisotopic (exact) mass is 578 g/mol. The van der Waals surface area contributed by atoms with Crippen LogP contribution in [0.15, 0.2) is 121 Å². The van der Waals surface area contributed by atoms with Crippen molar-refractivity contribution in [1.82, 2.24) is 4.57 Å². The van der Waals surface area contributed by atoms with Gasteiger partial charge >= 0.3 is 0 Å². The van der Waals surface area contributed by atoms with Crippen molar-refractivity contribution in [3.63, 3.8) is 0 Å². The quantitative estimate of drug-likeness (QED) is 0.135. The zero-order valence-corrected chi connectivity index (χ0v) is 26.1. The maximum absolute atomic E-state index is 11.7. The van der Waals surface area contributed by atoms with Gasteiger partial charge in [0.1, 0.15) is 6.29 Å². The third-order valence-corrected chi connectivity index (χ3v) is 8.84. The van der Waals surface area contributed by atoms with E-state index in [1.165, 1.54) is 46.8 Å². The molecule has 0 N–H and O–H groups in total. The van der Waals surface area contributed by atoms with Gasteiger partial charge in [0, 0.05) is 51.0 Å². The van der Waals surface area contributed by atoms with Gasteiger partial charge in [-0.2, -0.15) is 0 Å². The van der Waals surface area contributed by atoms with Gasteiger partial charge < -0.3 is 9.47 Å². The van der Waals surface area contributed by atoms with Gasteiger partial charge in [-0.1, -0.05) is 94.6 Å². The molecule has 3 nitrogen and oxygen atoms in total. The van der Waals surface area contributed by atoms with Gasteiger partial charge in [-0.25, -0.2) is 0 Å². The standard InChI is InChI=1S/C41H42N2O/c1-30(2)11-10-12-31(3)25-26-42-40-23-17-32(29-44)27-38(40)39-28-34(20-24-41(39)42)33-18-21-37(22-19-33)43(35-13-6-4-7-14-35)36-15-8-5-9-16-36/h4-9,13-24,27-31H,10-12,25-26H2,1-3H3. The molecule has 0 saturated heterocycles. The summed E-state index contributed by atoms with van der Waals surface area (Å²) in [6, 6.07) is 42.8. The van der Waals surface area contributed by atoms with Crippen LogP contribution in [0.5, 0.6) is 0 Å². The van der Waals surface area contributed by atoms with Crippen LogP contribution >= 0.6 is 0 Å². The topological polar surface area (TPSA) is 25.2 Å². The highest BCUT2D eigenvalue weighted by Gasteiger charge is 2.15. The fourth-order valence-electron chi connectivity index (χ4n) is 6.39. The van der Waals surface area contributed by atoms with Gasteiger partial charge in [-0.15, -0.1) is 0 Å². The Kier molecular flexibility index (Phi) is 8.93. The van der Waals surface area contributed by atoms with E-state index in [0.29, 0.717) is 5.92 Å². The Bertz CT molecular complexity index is 1800. The van der Waals surface area contributed by atoms with Crippen molar-refractivity contribution in [3.05, 3.63) is 127 Å². The van der Waals surface area contributed by atoms with E-state index < -0.39 is 0 Å². The largest absolute Gasteiger partial charge is 0.340 e. The van der Waals surface area contributed by atoms with Crippen LogP contribution in [-0.2, 0) is 6.54 Å². The second-order valence-electron chi connectivity index (χ2n) is 12.5. The van der Waals surface area contributed by atoms with Gasteiger partial charge in [0.15, 0.2) is 0 Å². The zero-order chi connectivity index (χ0) is 30.5. The highest BCUT2D eigenvalue weighted by Crippen LogP contribution is 2.37. The smallest absolute Gasteiger partial charge is 0.150 e. The molecule has 6 rings (SSSR count). The summed E-state index contributed by atoms with van der Waals surface area (Å²) in [6.07, 6.45) is 5.97. The first-order valence-corrected chi connectivity index (χ1v) is 16.0. The lowest BCUT2D eigenvalue weighted by Crippen LogP contribution is -2.09. The zero-order valence-electron chi connectivity index (χ0n) is 26.1. The molecular formula is C41H42N2O. The molecule has 1 aromatic heterocycles. The van der Waals surface area contributed by atoms with Crippen LogP contribution in [0.1, 0.15) is 56.8 Å². The predicted octanol–water partition coefficient (Wildman–Crippen LogP) is 11.6. The normalized spacial score (nSPS) is 12.2. The minimum atomic E-state index is 0.680. The van der Waals surface area contributed by atoms with E-state index >= 15 is 0 Å². The van der Waals surface area contributed by atoms with E-state index in [-0.39, 0.29) is 0 Å². The Hall–Kier alpha value is -4.63. The van der Waals surface area contributed by atoms with Crippen LogP contribution in [0.4, 0.5) is 17.1 Å². The number of aryl methyl sites for hydroxylation is 1. The minimum absolute atomic E-state index is 0.680. The Morgan fingerprint density at radius 2 is 1.18 bits per heavy atom. The second kappa shape index (κ2) is 13.3. The molecule has 5 aromatic carbocycles. The molecule has 0 saturated carbocycles. The third-order valence-electron chi connectivity index (χ3n) is 8.84. The van der Waals surface area contributed by atoms with Crippen molar-refractivity contribution in [2.24, 2.45) is 11.8 Å². The molecule has 0 aliphatic heterocycles. The molecule has 6 aromatic rings. The molecule has 0 aliphatic rings. The number of carbonyl (C=O) groups is 1. The SMILES string of the molecule is CC(C)CCCC(C)CCn1c2ccc(C=O)cc2c2cc(-c3ccc(N(c4ccccc4)c4ccccc4)cc3)ccc21. The molecule has 44 heavy (non-hydrogen) atoms. The van der Waals surface area contributed by atoms with Crippen LogP contribution in [0, 0.1) is 11.8 Å². The number of anilines is 3. The average molecular weight is 579 g/mol. The Morgan fingerprint density at radius 3 is 1.80 bits per heavy atom. The summed E-state index contributed by atoms with van der Waals surface area (Å²) >= 11 is 0. The second-order valence-corrected chi connectivity index (χ2v) is 12.5. The number of carbonyl (C=O) groups excluding carboxylic acids is 1. The number of benzene rings is 5. The summed E-state index contributed by atoms with van der Waals surface area (Å²) in [5.74, 6) is 1.45. The predicted molar refractivity (Wildman–Crippen MR) is 187 cm³/mol. The van der Waals surface area contributed by atoms with E-state index in [1.54, 1.807) is 0 Å². The minimum Gasteiger partial charge on any atom is -0.340 e. The van der Waals surface area contributed by atoms with E-state index in [2.05, 4.69) is 145 Å². The van der Waals surface area contributed by atoms with Gasteiger partial charge in [0.25, 0.3) is 0 Å². The van der Waals surface area contributed by atoms with Crippen LogP contribution in [0.25, 0.3) is 32.9 Å². The molecule has 0 radical (unpaired) electrons. The van der Waals surface area contributed by atoms with Gasteiger partial charge in [-0.05, 0) is 96.1 Å². The maximum Gasteiger partial charge on any atom is 0.150 e. The summed E-state index contributed by atoms with van der Waals surface area (Å²) in [7, 11) is 0. The number of hydrogen-bond donors (Lipinski definition) is 0. The van der Waals surface area contributed by atoms with E-state index in [1.807, 2.05) is 6.07 Å². The lowest BCUT2D eigenvalue weighted by molar-refractivity contribution is 0.112. The van der Waals surface area contributed by atoms with Crippen LogP contribution in [-0.4, -0.2) is 10.9 Å². The fraction of sp³-hybridized carbons (Fsp3) is 0.244. The van der Waals surface area contributed by atoms with Gasteiger partial charge in [0.05, 0.1) is 0 Å². The highest BCUT2D eigenvalue weighted by molar-refractivity contribution is 6.10. The van der Waals surface area contributed by atoms with Crippen LogP contribution in [0.3, 0.4) is 0 Å². The van der Waals surface area contributed by atoms with Crippen molar-refractivity contribution in [2.45, 2.75) is 53.0 Å². The summed E-state index contributed by atoms with van der Waals surface area (Å²) in [5.41, 5.74) is 8.86. The number of nitrogens with zero attached hydrogens (tertiary/aromatic N) is 2. The number of rotatable bonds is 12. The molecule has 0 bridgehead atoms. The molecule has 1 atom stereocenters. The first-order chi connectivity index (χ1) is 21.5. The lowest BCUT2D eigenvalue weighted by atomic mass is 9.97. The fourth-order valence-corrected chi connectivity index (χ4v) is 6.39. The molecule has 0 aliphatic carbocycles. The van der Waals surface area contributed by atoms with Gasteiger partial charge in [0.2, 0.25) is 0 Å². The molecular weight excluding hydrogens is 536 g/mol. The molecule has 0 spiro atoms. The number of hydrogen-bond acceptors (Lipinski definition) is 2. The first kappa shape index (κ1) is 29.4. The lowest BCUT2D eigenvalue weighted by Gasteiger charge is -2.25. The summed E-state index contributed by atoms with van der Waals surface area (Å²) in [6.45, 7) is 7.98. The number of para-hydroxylation sites is 2. The van der Waals surface area contributed by atoms with Crippen molar-refractivity contribution in [1.29, 1.82) is 0 Å². The summed E-state index contributed by atoms with van der Waals surface area (Å²) in [5, 5.41) is 2.35. The molecule has 1 unspecified atom stereocenters. The Labute approximate surface area is 261 Å². The molecule has 222 valence electrons. The third kappa shape index (κ3) is 6.33. The Balaban J connectivity index is 1.33. The number of fused-ring (bicyclic) bond motifs is 3.